The van der Waals surface area contributed by atoms with E-state index < -0.39 is 15.6 Å². The average molecular weight is 851 g/mol. The maximum absolute atomic E-state index is 12.3. The number of hydrogen-bond acceptors (Lipinski definition) is 8. The molecule has 0 amide bonds. The minimum atomic E-state index is -4.48. The maximum atomic E-state index is 12.3. The van der Waals surface area contributed by atoms with Crippen LogP contribution in [0.3, 0.4) is 0 Å². The van der Waals surface area contributed by atoms with Crippen molar-refractivity contribution in [1.29, 1.82) is 0 Å². The van der Waals surface area contributed by atoms with E-state index in [0.29, 0.717) is 46.7 Å². The molecule has 4 aliphatic carbocycles. The molecule has 0 N–H and O–H groups in total. The van der Waals surface area contributed by atoms with E-state index in [1.54, 1.807) is 48.5 Å². The van der Waals surface area contributed by atoms with Gasteiger partial charge in [-0.1, -0.05) is 126 Å². The van der Waals surface area contributed by atoms with Gasteiger partial charge in [0.15, 0.2) is 0 Å². The predicted octanol–water partition coefficient (Wildman–Crippen LogP) is 13.0. The molecule has 8 nitrogen and oxygen atoms in total. The Bertz CT molecular complexity index is 1650. The van der Waals surface area contributed by atoms with Crippen molar-refractivity contribution in [3.63, 3.8) is 0 Å². The zero-order chi connectivity index (χ0) is 40.2. The third-order valence-electron chi connectivity index (χ3n) is 12.7. The van der Waals surface area contributed by atoms with Crippen LogP contribution in [0.1, 0.15) is 174 Å². The van der Waals surface area contributed by atoms with E-state index in [0.717, 1.165) is 0 Å². The molecule has 8 rings (SSSR count). The number of hydrogen-bond donors (Lipinski definition) is 0. The Kier molecular flexibility index (Phi) is 17.3. The van der Waals surface area contributed by atoms with Gasteiger partial charge in [-0.05, 0) is 146 Å². The second-order valence-electron chi connectivity index (χ2n) is 16.9. The van der Waals surface area contributed by atoms with Crippen LogP contribution in [0.2, 0.25) is 0 Å². The van der Waals surface area contributed by atoms with Crippen molar-refractivity contribution in [3.8, 4) is 23.0 Å². The van der Waals surface area contributed by atoms with Crippen LogP contribution in [0.5, 0.6) is 23.0 Å². The van der Waals surface area contributed by atoms with Crippen molar-refractivity contribution in [1.82, 2.24) is 0 Å². The van der Waals surface area contributed by atoms with Gasteiger partial charge < -0.3 is 27.9 Å². The fourth-order valence-electron chi connectivity index (χ4n) is 9.50. The Morgan fingerprint density at radius 1 is 0.322 bits per heavy atom. The van der Waals surface area contributed by atoms with E-state index in [2.05, 4.69) is 0 Å². The molecular weight excluding hydrogens is 791 g/mol. The van der Waals surface area contributed by atoms with Crippen molar-refractivity contribution in [2.45, 2.75) is 152 Å². The van der Waals surface area contributed by atoms with Crippen LogP contribution in [0.25, 0.3) is 0 Å². The van der Waals surface area contributed by atoms with E-state index in [-0.39, 0.29) is 23.1 Å². The van der Waals surface area contributed by atoms with Crippen LogP contribution < -0.4 is 27.9 Å². The molecule has 0 bridgehead atoms. The number of rotatable bonds is 12. The molecule has 4 aliphatic rings. The molecule has 0 unspecified atom stereocenters. The van der Waals surface area contributed by atoms with Gasteiger partial charge in [-0.15, -0.1) is 0 Å². The Hall–Kier alpha value is -2.77. The molecule has 11 heteroatoms. The Morgan fingerprint density at radius 2 is 0.492 bits per heavy atom. The molecule has 0 spiro atoms. The van der Waals surface area contributed by atoms with Crippen molar-refractivity contribution < 1.29 is 37.0 Å². The van der Waals surface area contributed by atoms with Crippen LogP contribution in [-0.4, -0.2) is 23.1 Å². The average Bonchev–Trinajstić information content (AvgIpc) is 3.26. The van der Waals surface area contributed by atoms with Crippen LogP contribution in [0.4, 0.5) is 0 Å². The smallest absolute Gasteiger partial charge is 0.736 e. The molecule has 0 aromatic heterocycles. The summed E-state index contributed by atoms with van der Waals surface area (Å²) in [4.78, 5) is 24.7. The third-order valence-corrected chi connectivity index (χ3v) is 14.4. The SMILES string of the molecule is O=P([O-])(Oc1ccc(C2CCCCC2)cc1)Oc1ccc(C2CCCCC2)cc1.O=P([O-])(Oc1ccc(C2CCCCC2)cc1)Oc1ccc(C2CCCCC2)cc1.[Mg+2]. The van der Waals surface area contributed by atoms with Gasteiger partial charge in [0.05, 0.1) is 0 Å². The van der Waals surface area contributed by atoms with Gasteiger partial charge in [0.2, 0.25) is 0 Å². The van der Waals surface area contributed by atoms with E-state index in [9.17, 15) is 18.9 Å². The molecule has 4 saturated carbocycles. The van der Waals surface area contributed by atoms with Gasteiger partial charge in [0.1, 0.15) is 23.0 Å². The quantitative estimate of drug-likeness (QED) is 0.102. The molecule has 0 atom stereocenters. The summed E-state index contributed by atoms with van der Waals surface area (Å²) in [6, 6.07) is 29.6. The van der Waals surface area contributed by atoms with Crippen LogP contribution in [0.15, 0.2) is 97.1 Å². The monoisotopic (exact) mass is 850 g/mol. The first-order chi connectivity index (χ1) is 28.2. The predicted molar refractivity (Wildman–Crippen MR) is 233 cm³/mol. The van der Waals surface area contributed by atoms with E-state index in [1.807, 2.05) is 48.5 Å². The van der Waals surface area contributed by atoms with Crippen LogP contribution >= 0.6 is 15.6 Å². The van der Waals surface area contributed by atoms with Gasteiger partial charge in [-0.2, -0.15) is 0 Å². The molecule has 312 valence electrons. The third kappa shape index (κ3) is 14.1. The molecule has 0 saturated heterocycles. The molecule has 4 fully saturated rings. The van der Waals surface area contributed by atoms with Gasteiger partial charge in [-0.3, -0.25) is 0 Å². The number of phosphoric ester groups is 2. The molecule has 4 aromatic carbocycles. The summed E-state index contributed by atoms with van der Waals surface area (Å²) in [7, 11) is -8.96. The van der Waals surface area contributed by atoms with Gasteiger partial charge in [0.25, 0.3) is 0 Å². The first-order valence-corrected chi connectivity index (χ1v) is 24.9. The number of phosphoric acid groups is 2. The zero-order valence-electron chi connectivity index (χ0n) is 34.6. The normalized spacial score (nSPS) is 18.7. The summed E-state index contributed by atoms with van der Waals surface area (Å²) < 4.78 is 45.3. The van der Waals surface area contributed by atoms with Crippen molar-refractivity contribution in [2.75, 3.05) is 0 Å². The summed E-state index contributed by atoms with van der Waals surface area (Å²) in [5, 5.41) is 0. The number of benzene rings is 4. The standard InChI is InChI=1S/2C24H31O4P.Mg/c2*25-29(26,27-23-15-11-21(12-16-23)19-7-3-1-4-8-19)28-24-17-13-22(14-18-24)20-9-5-2-6-10-20;/h2*11-20H,1-10H2,(H,25,26);/q;;+2/p-2. The van der Waals surface area contributed by atoms with Crippen LogP contribution in [-0.2, 0) is 9.13 Å². The second kappa shape index (κ2) is 22.4. The van der Waals surface area contributed by atoms with E-state index in [4.69, 9.17) is 18.1 Å². The Morgan fingerprint density at radius 3 is 0.661 bits per heavy atom. The van der Waals surface area contributed by atoms with Crippen LogP contribution in [0, 0.1) is 0 Å². The molecule has 59 heavy (non-hydrogen) atoms. The topological polar surface area (TPSA) is 117 Å². The minimum absolute atomic E-state index is 0. The van der Waals surface area contributed by atoms with Crippen molar-refractivity contribution >= 4 is 38.7 Å². The summed E-state index contributed by atoms with van der Waals surface area (Å²) in [6.45, 7) is 0. The Labute approximate surface area is 368 Å². The first kappa shape index (κ1) is 45.7. The molecule has 0 radical (unpaired) electrons. The Balaban J connectivity index is 0.000000195. The molecular formula is C48H60MgO8P2. The van der Waals surface area contributed by atoms with E-state index in [1.165, 1.54) is 151 Å². The zero-order valence-corrected chi connectivity index (χ0v) is 37.8. The van der Waals surface area contributed by atoms with Gasteiger partial charge >= 0.3 is 38.7 Å². The fraction of sp³-hybridized carbons (Fsp3) is 0.500. The minimum Gasteiger partial charge on any atom is -0.736 e. The van der Waals surface area contributed by atoms with Gasteiger partial charge in [0, 0.05) is 0 Å². The molecule has 0 heterocycles. The molecule has 4 aromatic rings. The first-order valence-electron chi connectivity index (χ1n) is 22.0. The molecule has 0 aliphatic heterocycles. The van der Waals surface area contributed by atoms with Crippen molar-refractivity contribution in [2.24, 2.45) is 0 Å². The van der Waals surface area contributed by atoms with Crippen molar-refractivity contribution in [3.05, 3.63) is 119 Å². The second-order valence-corrected chi connectivity index (χ2v) is 19.4. The van der Waals surface area contributed by atoms with E-state index >= 15 is 0 Å². The fourth-order valence-corrected chi connectivity index (χ4v) is 11.1. The maximum Gasteiger partial charge on any atom is 2.00 e. The summed E-state index contributed by atoms with van der Waals surface area (Å²) in [6.07, 6.45) is 25.1. The van der Waals surface area contributed by atoms with Gasteiger partial charge in [-0.25, -0.2) is 9.13 Å². The largest absolute Gasteiger partial charge is 2.00 e. The summed E-state index contributed by atoms with van der Waals surface area (Å²) >= 11 is 0. The summed E-state index contributed by atoms with van der Waals surface area (Å²) in [5.74, 6) is 3.49. The summed E-state index contributed by atoms with van der Waals surface area (Å²) in [5.41, 5.74) is 5.04.